The molecule has 0 aliphatic heterocycles. The van der Waals surface area contributed by atoms with Gasteiger partial charge in [0, 0.05) is 13.5 Å². The first kappa shape index (κ1) is 15.7. The average molecular weight is 306 g/mol. The lowest BCUT2D eigenvalue weighted by Gasteiger charge is -2.12. The summed E-state index contributed by atoms with van der Waals surface area (Å²) < 4.78 is 23.8. The van der Waals surface area contributed by atoms with Crippen molar-refractivity contribution in [1.82, 2.24) is 9.55 Å². The van der Waals surface area contributed by atoms with Crippen molar-refractivity contribution >= 4 is 5.97 Å². The highest BCUT2D eigenvalue weighted by Gasteiger charge is 2.21. The van der Waals surface area contributed by atoms with Crippen LogP contribution in [0.25, 0.3) is 0 Å². The van der Waals surface area contributed by atoms with Crippen LogP contribution >= 0.6 is 0 Å². The van der Waals surface area contributed by atoms with E-state index in [1.165, 1.54) is 38.0 Å². The summed E-state index contributed by atoms with van der Waals surface area (Å²) in [5.74, 6) is -0.930. The molecule has 0 N–H and O–H groups in total. The molecule has 0 amide bonds. The molecule has 0 saturated heterocycles. The average Bonchev–Trinajstić information content (AvgIpc) is 2.53. The van der Waals surface area contributed by atoms with Gasteiger partial charge in [-0.05, 0) is 17.7 Å². The van der Waals surface area contributed by atoms with Crippen LogP contribution in [0.15, 0.2) is 29.1 Å². The Labute approximate surface area is 126 Å². The monoisotopic (exact) mass is 306 g/mol. The second-order valence-electron chi connectivity index (χ2n) is 4.57. The minimum atomic E-state index is -0.755. The van der Waals surface area contributed by atoms with Crippen LogP contribution in [0.4, 0.5) is 4.39 Å². The van der Waals surface area contributed by atoms with Gasteiger partial charge in [-0.15, -0.1) is 0 Å². The van der Waals surface area contributed by atoms with Crippen LogP contribution < -0.4 is 10.3 Å². The molecule has 1 heterocycles. The third kappa shape index (κ3) is 2.98. The quantitative estimate of drug-likeness (QED) is 0.796. The summed E-state index contributed by atoms with van der Waals surface area (Å²) >= 11 is 0. The maximum atomic E-state index is 12.9. The lowest BCUT2D eigenvalue weighted by atomic mass is 10.1. The molecule has 6 nitrogen and oxygen atoms in total. The van der Waals surface area contributed by atoms with Gasteiger partial charge >= 0.3 is 5.97 Å². The van der Waals surface area contributed by atoms with Crippen molar-refractivity contribution in [2.45, 2.75) is 6.42 Å². The number of esters is 1. The van der Waals surface area contributed by atoms with E-state index in [4.69, 9.17) is 4.74 Å². The Bertz CT molecular complexity index is 753. The number of halogens is 1. The molecule has 1 aromatic carbocycles. The van der Waals surface area contributed by atoms with Gasteiger partial charge in [-0.3, -0.25) is 9.36 Å². The first-order valence-electron chi connectivity index (χ1n) is 6.44. The maximum Gasteiger partial charge on any atom is 0.360 e. The lowest BCUT2D eigenvalue weighted by molar-refractivity contribution is 0.0588. The molecule has 0 spiro atoms. The third-order valence-corrected chi connectivity index (χ3v) is 3.20. The van der Waals surface area contributed by atoms with Crippen LogP contribution in [0, 0.1) is 5.82 Å². The molecule has 0 atom stereocenters. The van der Waals surface area contributed by atoms with E-state index in [1.807, 2.05) is 0 Å². The van der Waals surface area contributed by atoms with Crippen LogP contribution in [0.2, 0.25) is 0 Å². The molecular weight excluding hydrogens is 291 g/mol. The predicted molar refractivity (Wildman–Crippen MR) is 76.6 cm³/mol. The van der Waals surface area contributed by atoms with Gasteiger partial charge in [0.15, 0.2) is 5.69 Å². The van der Waals surface area contributed by atoms with E-state index in [1.54, 1.807) is 12.1 Å². The van der Waals surface area contributed by atoms with Gasteiger partial charge in [0.25, 0.3) is 5.56 Å². The van der Waals surface area contributed by atoms with Crippen LogP contribution in [0.5, 0.6) is 5.75 Å². The van der Waals surface area contributed by atoms with E-state index in [0.29, 0.717) is 5.82 Å². The summed E-state index contributed by atoms with van der Waals surface area (Å²) in [7, 11) is 4.00. The number of hydrogen-bond acceptors (Lipinski definition) is 5. The molecule has 7 heteroatoms. The topological polar surface area (TPSA) is 70.4 Å². The first-order chi connectivity index (χ1) is 10.5. The number of carbonyl (C=O) groups excluding carboxylic acids is 1. The summed E-state index contributed by atoms with van der Waals surface area (Å²) in [5.41, 5.74) is 0.0881. The SMILES string of the molecule is COC(=O)c1nc(Cc2ccc(F)cc2)n(C)c(=O)c1OC. The smallest absolute Gasteiger partial charge is 0.360 e. The molecule has 2 rings (SSSR count). The Morgan fingerprint density at radius 3 is 2.45 bits per heavy atom. The van der Waals surface area contributed by atoms with E-state index < -0.39 is 11.5 Å². The van der Waals surface area contributed by atoms with Gasteiger partial charge in [0.05, 0.1) is 14.2 Å². The van der Waals surface area contributed by atoms with E-state index in [2.05, 4.69) is 9.72 Å². The predicted octanol–water partition coefficient (Wildman–Crippen LogP) is 1.31. The summed E-state index contributed by atoms with van der Waals surface area (Å²) in [6, 6.07) is 5.81. The fourth-order valence-electron chi connectivity index (χ4n) is 1.99. The zero-order chi connectivity index (χ0) is 16.3. The Morgan fingerprint density at radius 1 is 1.27 bits per heavy atom. The fourth-order valence-corrected chi connectivity index (χ4v) is 1.99. The summed E-state index contributed by atoms with van der Waals surface area (Å²) in [6.07, 6.45) is 0.264. The highest BCUT2D eigenvalue weighted by Crippen LogP contribution is 2.14. The number of nitrogens with zero attached hydrogens (tertiary/aromatic N) is 2. The van der Waals surface area contributed by atoms with Gasteiger partial charge in [0.1, 0.15) is 11.6 Å². The van der Waals surface area contributed by atoms with Crippen LogP contribution in [0.3, 0.4) is 0 Å². The third-order valence-electron chi connectivity index (χ3n) is 3.20. The van der Waals surface area contributed by atoms with Gasteiger partial charge in [-0.1, -0.05) is 12.1 Å². The van der Waals surface area contributed by atoms with Crippen LogP contribution in [0.1, 0.15) is 21.9 Å². The molecule has 0 aliphatic rings. The summed E-state index contributed by atoms with van der Waals surface area (Å²) in [4.78, 5) is 28.1. The van der Waals surface area contributed by atoms with Gasteiger partial charge < -0.3 is 9.47 Å². The fraction of sp³-hybridized carbons (Fsp3) is 0.267. The van der Waals surface area contributed by atoms with E-state index in [-0.39, 0.29) is 23.7 Å². The van der Waals surface area contributed by atoms with Crippen LogP contribution in [-0.2, 0) is 18.2 Å². The molecule has 0 fully saturated rings. The van der Waals surface area contributed by atoms with Gasteiger partial charge in [0.2, 0.25) is 5.75 Å². The van der Waals surface area contributed by atoms with Gasteiger partial charge in [-0.2, -0.15) is 0 Å². The molecule has 0 aliphatic carbocycles. The number of carbonyl (C=O) groups is 1. The standard InChI is InChI=1S/C15H15FN2O4/c1-18-11(8-9-4-6-10(16)7-5-9)17-12(15(20)22-3)13(21-2)14(18)19/h4-7H,8H2,1-3H3. The number of aromatic nitrogens is 2. The molecule has 22 heavy (non-hydrogen) atoms. The largest absolute Gasteiger partial charge is 0.489 e. The van der Waals surface area contributed by atoms with Crippen molar-refractivity contribution < 1.29 is 18.7 Å². The highest BCUT2D eigenvalue weighted by atomic mass is 19.1. The molecular formula is C15H15FN2O4. The molecule has 0 bridgehead atoms. The van der Waals surface area contributed by atoms with Crippen molar-refractivity contribution in [2.24, 2.45) is 7.05 Å². The van der Waals surface area contributed by atoms with Crippen molar-refractivity contribution in [3.05, 3.63) is 57.5 Å². The number of rotatable bonds is 4. The number of hydrogen-bond donors (Lipinski definition) is 0. The zero-order valence-corrected chi connectivity index (χ0v) is 12.4. The zero-order valence-electron chi connectivity index (χ0n) is 12.4. The number of methoxy groups -OCH3 is 2. The number of benzene rings is 1. The Balaban J connectivity index is 2.52. The molecule has 116 valence electrons. The highest BCUT2D eigenvalue weighted by molar-refractivity contribution is 5.90. The van der Waals surface area contributed by atoms with Crippen molar-refractivity contribution in [1.29, 1.82) is 0 Å². The maximum absolute atomic E-state index is 12.9. The molecule has 0 saturated carbocycles. The summed E-state index contributed by atoms with van der Waals surface area (Å²) in [6.45, 7) is 0. The van der Waals surface area contributed by atoms with Crippen LogP contribution in [-0.4, -0.2) is 29.7 Å². The number of ether oxygens (including phenoxy) is 2. The van der Waals surface area contributed by atoms with E-state index >= 15 is 0 Å². The molecule has 0 radical (unpaired) electrons. The lowest BCUT2D eigenvalue weighted by Crippen LogP contribution is -2.27. The molecule has 1 aromatic heterocycles. The minimum Gasteiger partial charge on any atom is -0.489 e. The van der Waals surface area contributed by atoms with E-state index in [0.717, 1.165) is 5.56 Å². The normalized spacial score (nSPS) is 10.4. The Kier molecular flexibility index (Phi) is 4.55. The molecule has 0 unspecified atom stereocenters. The molecule has 2 aromatic rings. The van der Waals surface area contributed by atoms with Gasteiger partial charge in [-0.25, -0.2) is 14.2 Å². The Morgan fingerprint density at radius 2 is 1.91 bits per heavy atom. The minimum absolute atomic E-state index is 0.169. The first-order valence-corrected chi connectivity index (χ1v) is 6.44. The van der Waals surface area contributed by atoms with Crippen molar-refractivity contribution in [2.75, 3.05) is 14.2 Å². The summed E-state index contributed by atoms with van der Waals surface area (Å²) in [5, 5.41) is 0. The Hall–Kier alpha value is -2.70. The van der Waals surface area contributed by atoms with Crippen molar-refractivity contribution in [3.8, 4) is 5.75 Å². The second-order valence-corrected chi connectivity index (χ2v) is 4.57. The van der Waals surface area contributed by atoms with Crippen molar-refractivity contribution in [3.63, 3.8) is 0 Å². The van der Waals surface area contributed by atoms with E-state index in [9.17, 15) is 14.0 Å². The second kappa shape index (κ2) is 6.38.